The molecule has 1 atom stereocenters. The summed E-state index contributed by atoms with van der Waals surface area (Å²) in [5, 5.41) is 3.10. The molecule has 0 radical (unpaired) electrons. The lowest BCUT2D eigenvalue weighted by Gasteiger charge is -2.31. The Morgan fingerprint density at radius 1 is 1.11 bits per heavy atom. The van der Waals surface area contributed by atoms with Gasteiger partial charge >= 0.3 is 0 Å². The number of hydrogen-bond donors (Lipinski definition) is 1. The van der Waals surface area contributed by atoms with Gasteiger partial charge in [-0.3, -0.25) is 4.79 Å². The largest absolute Gasteiger partial charge is 0.372 e. The minimum Gasteiger partial charge on any atom is -0.372 e. The van der Waals surface area contributed by atoms with E-state index < -0.39 is 10.0 Å². The maximum absolute atomic E-state index is 12.6. The van der Waals surface area contributed by atoms with Gasteiger partial charge in [-0.15, -0.1) is 0 Å². The Balaban J connectivity index is 1.52. The lowest BCUT2D eigenvalue weighted by molar-refractivity contribution is -0.126. The number of carbonyl (C=O) groups excluding carboxylic acids is 1. The number of rotatable bonds is 6. The molecule has 27 heavy (non-hydrogen) atoms. The summed E-state index contributed by atoms with van der Waals surface area (Å²) in [6.07, 6.45) is 3.69. The van der Waals surface area contributed by atoms with Gasteiger partial charge in [-0.05, 0) is 57.2 Å². The minimum absolute atomic E-state index is 0.0275. The first-order valence-corrected chi connectivity index (χ1v) is 11.6. The molecule has 1 aromatic carbocycles. The second-order valence-corrected chi connectivity index (χ2v) is 9.85. The minimum atomic E-state index is -3.15. The number of anilines is 1. The molecule has 3 rings (SSSR count). The average Bonchev–Trinajstić information content (AvgIpc) is 3.23. The molecule has 2 heterocycles. The molecule has 2 aliphatic heterocycles. The van der Waals surface area contributed by atoms with Gasteiger partial charge in [0.05, 0.1) is 11.8 Å². The van der Waals surface area contributed by atoms with Gasteiger partial charge in [0, 0.05) is 37.8 Å². The Hall–Kier alpha value is -1.60. The Bertz CT molecular complexity index is 734. The molecule has 0 spiro atoms. The van der Waals surface area contributed by atoms with Crippen molar-refractivity contribution in [3.8, 4) is 0 Å². The predicted octanol–water partition coefficient (Wildman–Crippen LogP) is 2.53. The Morgan fingerprint density at radius 3 is 2.26 bits per heavy atom. The number of nitrogens with one attached hydrogen (secondary N) is 1. The van der Waals surface area contributed by atoms with Crippen molar-refractivity contribution in [2.75, 3.05) is 36.8 Å². The van der Waals surface area contributed by atoms with E-state index in [1.54, 1.807) is 6.92 Å². The van der Waals surface area contributed by atoms with Gasteiger partial charge in [0.25, 0.3) is 0 Å². The molecule has 150 valence electrons. The summed E-state index contributed by atoms with van der Waals surface area (Å²) >= 11 is 0. The zero-order valence-corrected chi connectivity index (χ0v) is 17.2. The van der Waals surface area contributed by atoms with Gasteiger partial charge in [0.15, 0.2) is 0 Å². The molecule has 1 N–H and O–H groups in total. The zero-order chi connectivity index (χ0) is 19.4. The van der Waals surface area contributed by atoms with Crippen molar-refractivity contribution in [2.45, 2.75) is 45.6 Å². The first-order chi connectivity index (χ1) is 12.9. The number of benzene rings is 1. The van der Waals surface area contributed by atoms with E-state index in [1.807, 2.05) is 6.92 Å². The first kappa shape index (κ1) is 20.1. The molecule has 1 amide bonds. The maximum atomic E-state index is 12.6. The second-order valence-electron chi connectivity index (χ2n) is 7.59. The second kappa shape index (κ2) is 8.61. The Labute approximate surface area is 163 Å². The number of piperidine rings is 1. The number of amides is 1. The van der Waals surface area contributed by atoms with Crippen LogP contribution in [-0.4, -0.2) is 50.6 Å². The van der Waals surface area contributed by atoms with Crippen molar-refractivity contribution >= 4 is 21.6 Å². The summed E-state index contributed by atoms with van der Waals surface area (Å²) in [6.45, 7) is 6.78. The standard InChI is InChI=1S/C20H31N3O3S/c1-3-27(25,26)23-14-10-18(11-15-23)20(24)21-16(2)17-6-8-19(9-7-17)22-12-4-5-13-22/h6-9,16,18H,3-5,10-15H2,1-2H3,(H,21,24). The Kier molecular flexibility index (Phi) is 6.42. The predicted molar refractivity (Wildman–Crippen MR) is 108 cm³/mol. The van der Waals surface area contributed by atoms with Crippen molar-refractivity contribution in [2.24, 2.45) is 5.92 Å². The fraction of sp³-hybridized carbons (Fsp3) is 0.650. The highest BCUT2D eigenvalue weighted by Gasteiger charge is 2.30. The molecular weight excluding hydrogens is 362 g/mol. The molecule has 0 aromatic heterocycles. The van der Waals surface area contributed by atoms with Crippen LogP contribution in [0.3, 0.4) is 0 Å². The van der Waals surface area contributed by atoms with Crippen molar-refractivity contribution in [3.63, 3.8) is 0 Å². The molecule has 2 aliphatic rings. The fourth-order valence-electron chi connectivity index (χ4n) is 3.94. The van der Waals surface area contributed by atoms with Crippen LogP contribution in [0.4, 0.5) is 5.69 Å². The van der Waals surface area contributed by atoms with Gasteiger partial charge in [-0.25, -0.2) is 12.7 Å². The van der Waals surface area contributed by atoms with Crippen molar-refractivity contribution < 1.29 is 13.2 Å². The van der Waals surface area contributed by atoms with Gasteiger partial charge in [0.2, 0.25) is 15.9 Å². The van der Waals surface area contributed by atoms with Crippen LogP contribution in [0.25, 0.3) is 0 Å². The first-order valence-electron chi connectivity index (χ1n) is 10.0. The number of hydrogen-bond acceptors (Lipinski definition) is 4. The monoisotopic (exact) mass is 393 g/mol. The lowest BCUT2D eigenvalue weighted by atomic mass is 9.96. The van der Waals surface area contributed by atoms with Gasteiger partial charge in [-0.1, -0.05) is 12.1 Å². The smallest absolute Gasteiger partial charge is 0.223 e. The zero-order valence-electron chi connectivity index (χ0n) is 16.4. The molecule has 2 saturated heterocycles. The third-order valence-electron chi connectivity index (χ3n) is 5.81. The molecule has 1 unspecified atom stereocenters. The van der Waals surface area contributed by atoms with Crippen LogP contribution < -0.4 is 10.2 Å². The number of carbonyl (C=O) groups is 1. The SMILES string of the molecule is CCS(=O)(=O)N1CCC(C(=O)NC(C)c2ccc(N3CCCC3)cc2)CC1. The highest BCUT2D eigenvalue weighted by atomic mass is 32.2. The summed E-state index contributed by atoms with van der Waals surface area (Å²) < 4.78 is 25.4. The van der Waals surface area contributed by atoms with Gasteiger partial charge < -0.3 is 10.2 Å². The molecule has 6 nitrogen and oxygen atoms in total. The average molecular weight is 394 g/mol. The topological polar surface area (TPSA) is 69.7 Å². The summed E-state index contributed by atoms with van der Waals surface area (Å²) in [5.41, 5.74) is 2.34. The van der Waals surface area contributed by atoms with E-state index in [0.717, 1.165) is 18.7 Å². The maximum Gasteiger partial charge on any atom is 0.223 e. The van der Waals surface area contributed by atoms with Crippen molar-refractivity contribution in [1.82, 2.24) is 9.62 Å². The van der Waals surface area contributed by atoms with Crippen LogP contribution in [-0.2, 0) is 14.8 Å². The lowest BCUT2D eigenvalue weighted by Crippen LogP contribution is -2.43. The summed E-state index contributed by atoms with van der Waals surface area (Å²) in [7, 11) is -3.15. The quantitative estimate of drug-likeness (QED) is 0.806. The molecule has 1 aromatic rings. The van der Waals surface area contributed by atoms with Crippen LogP contribution in [0.2, 0.25) is 0 Å². The van der Waals surface area contributed by atoms with E-state index in [-0.39, 0.29) is 23.6 Å². The molecule has 0 bridgehead atoms. The van der Waals surface area contributed by atoms with Crippen LogP contribution in [0, 0.1) is 5.92 Å². The van der Waals surface area contributed by atoms with E-state index >= 15 is 0 Å². The van der Waals surface area contributed by atoms with Crippen LogP contribution in [0.5, 0.6) is 0 Å². The van der Waals surface area contributed by atoms with E-state index in [0.29, 0.717) is 25.9 Å². The third-order valence-corrected chi connectivity index (χ3v) is 7.69. The van der Waals surface area contributed by atoms with Crippen LogP contribution in [0.1, 0.15) is 51.1 Å². The highest BCUT2D eigenvalue weighted by Crippen LogP contribution is 2.24. The molecule has 2 fully saturated rings. The van der Waals surface area contributed by atoms with E-state index in [9.17, 15) is 13.2 Å². The van der Waals surface area contributed by atoms with Gasteiger partial charge in [-0.2, -0.15) is 0 Å². The van der Waals surface area contributed by atoms with E-state index in [2.05, 4.69) is 34.5 Å². The number of nitrogens with zero attached hydrogens (tertiary/aromatic N) is 2. The summed E-state index contributed by atoms with van der Waals surface area (Å²) in [4.78, 5) is 15.0. The van der Waals surface area contributed by atoms with Crippen LogP contribution in [0.15, 0.2) is 24.3 Å². The molecule has 7 heteroatoms. The number of sulfonamides is 1. The third kappa shape index (κ3) is 4.82. The van der Waals surface area contributed by atoms with E-state index in [1.165, 1.54) is 22.8 Å². The van der Waals surface area contributed by atoms with E-state index in [4.69, 9.17) is 0 Å². The summed E-state index contributed by atoms with van der Waals surface area (Å²) in [5.74, 6) is 0.0354. The van der Waals surface area contributed by atoms with Crippen molar-refractivity contribution in [3.05, 3.63) is 29.8 Å². The van der Waals surface area contributed by atoms with Crippen LogP contribution >= 0.6 is 0 Å². The summed E-state index contributed by atoms with van der Waals surface area (Å²) in [6, 6.07) is 8.40. The molecule has 0 aliphatic carbocycles. The van der Waals surface area contributed by atoms with Crippen molar-refractivity contribution in [1.29, 1.82) is 0 Å². The van der Waals surface area contributed by atoms with Gasteiger partial charge in [0.1, 0.15) is 0 Å². The molecular formula is C20H31N3O3S. The Morgan fingerprint density at radius 2 is 1.70 bits per heavy atom. The fourth-order valence-corrected chi connectivity index (χ4v) is 5.07. The highest BCUT2D eigenvalue weighted by molar-refractivity contribution is 7.89. The molecule has 0 saturated carbocycles. The normalized spacial score (nSPS) is 20.6.